The maximum atomic E-state index is 12.9. The Morgan fingerprint density at radius 3 is 2.61 bits per heavy atom. The van der Waals surface area contributed by atoms with E-state index in [4.69, 9.17) is 0 Å². The molecule has 5 nitrogen and oxygen atoms in total. The van der Waals surface area contributed by atoms with Gasteiger partial charge in [-0.3, -0.25) is 9.78 Å². The molecular formula is C17H24N2O3S. The lowest BCUT2D eigenvalue weighted by atomic mass is 9.70. The number of sulfonamides is 1. The lowest BCUT2D eigenvalue weighted by molar-refractivity contribution is -0.128. The van der Waals surface area contributed by atoms with E-state index < -0.39 is 15.4 Å². The Hall–Kier alpha value is -1.27. The van der Waals surface area contributed by atoms with Gasteiger partial charge in [0.2, 0.25) is 10.0 Å². The van der Waals surface area contributed by atoms with Crippen LogP contribution < -0.4 is 0 Å². The summed E-state index contributed by atoms with van der Waals surface area (Å²) in [5.41, 5.74) is -0.241. The first-order valence-electron chi connectivity index (χ1n) is 8.06. The Labute approximate surface area is 138 Å². The summed E-state index contributed by atoms with van der Waals surface area (Å²) in [6, 6.07) is 5.45. The van der Waals surface area contributed by atoms with Gasteiger partial charge in [0.15, 0.2) is 0 Å². The van der Waals surface area contributed by atoms with Gasteiger partial charge in [-0.15, -0.1) is 0 Å². The first kappa shape index (κ1) is 16.6. The molecule has 1 heterocycles. The summed E-state index contributed by atoms with van der Waals surface area (Å²) in [6.07, 6.45) is 3.84. The van der Waals surface area contributed by atoms with E-state index in [9.17, 15) is 13.2 Å². The number of hydrogen-bond donors (Lipinski definition) is 0. The third-order valence-electron chi connectivity index (χ3n) is 6.15. The zero-order valence-electron chi connectivity index (χ0n) is 13.9. The number of nitrogens with zero attached hydrogens (tertiary/aromatic N) is 2. The number of aromatic nitrogens is 1. The molecule has 2 saturated carbocycles. The number of Topliss-reactive ketones (excluding diaryl/α,β-unsaturated/α-hetero) is 1. The molecule has 2 bridgehead atoms. The van der Waals surface area contributed by atoms with E-state index >= 15 is 0 Å². The minimum absolute atomic E-state index is 0.0777. The molecule has 0 aliphatic heterocycles. The van der Waals surface area contributed by atoms with Crippen molar-refractivity contribution in [1.29, 1.82) is 0 Å². The maximum Gasteiger partial charge on any atom is 0.215 e. The van der Waals surface area contributed by atoms with Crippen molar-refractivity contribution in [3.8, 4) is 0 Å². The van der Waals surface area contributed by atoms with Crippen molar-refractivity contribution < 1.29 is 13.2 Å². The van der Waals surface area contributed by atoms with Gasteiger partial charge in [-0.2, -0.15) is 4.31 Å². The highest BCUT2D eigenvalue weighted by molar-refractivity contribution is 7.89. The first-order valence-corrected chi connectivity index (χ1v) is 9.67. The number of pyridine rings is 1. The number of fused-ring (bicyclic) bond motifs is 2. The van der Waals surface area contributed by atoms with E-state index in [-0.39, 0.29) is 23.5 Å². The van der Waals surface area contributed by atoms with Crippen LogP contribution in [0.25, 0.3) is 0 Å². The minimum Gasteiger partial charge on any atom is -0.299 e. The van der Waals surface area contributed by atoms with Crippen LogP contribution in [0.3, 0.4) is 0 Å². The van der Waals surface area contributed by atoms with Gasteiger partial charge in [0.05, 0.1) is 18.0 Å². The standard InChI is InChI=1S/C17H24N2O3S/c1-16(2)13-7-8-17(16,15(20)10-13)12-23(21,22)19(3)11-14-6-4-5-9-18-14/h4-6,9,13H,7-8,10-12H2,1-3H3/t13-,17-/m0/s1. The molecule has 2 aliphatic carbocycles. The highest BCUT2D eigenvalue weighted by atomic mass is 32.2. The van der Waals surface area contributed by atoms with Gasteiger partial charge in [0.25, 0.3) is 0 Å². The van der Waals surface area contributed by atoms with Gasteiger partial charge in [0, 0.05) is 25.1 Å². The molecule has 2 fully saturated rings. The van der Waals surface area contributed by atoms with Crippen molar-refractivity contribution in [1.82, 2.24) is 9.29 Å². The van der Waals surface area contributed by atoms with Gasteiger partial charge in [-0.05, 0) is 36.3 Å². The Balaban J connectivity index is 1.82. The summed E-state index contributed by atoms with van der Waals surface area (Å²) in [4.78, 5) is 16.7. The largest absolute Gasteiger partial charge is 0.299 e. The van der Waals surface area contributed by atoms with Crippen LogP contribution in [0.2, 0.25) is 0 Å². The van der Waals surface area contributed by atoms with Crippen molar-refractivity contribution >= 4 is 15.8 Å². The molecule has 23 heavy (non-hydrogen) atoms. The summed E-state index contributed by atoms with van der Waals surface area (Å²) in [7, 11) is -1.95. The lowest BCUT2D eigenvalue weighted by Gasteiger charge is -2.37. The van der Waals surface area contributed by atoms with E-state index in [0.717, 1.165) is 6.42 Å². The molecule has 0 spiro atoms. The van der Waals surface area contributed by atoms with Crippen molar-refractivity contribution in [2.24, 2.45) is 16.7 Å². The van der Waals surface area contributed by atoms with Crippen LogP contribution in [0.5, 0.6) is 0 Å². The normalized spacial score (nSPS) is 29.4. The van der Waals surface area contributed by atoms with E-state index in [1.807, 2.05) is 6.07 Å². The third kappa shape index (κ3) is 2.52. The van der Waals surface area contributed by atoms with Crippen molar-refractivity contribution in [3.05, 3.63) is 30.1 Å². The molecule has 0 amide bonds. The van der Waals surface area contributed by atoms with Gasteiger partial charge < -0.3 is 0 Å². The Morgan fingerprint density at radius 1 is 1.35 bits per heavy atom. The quantitative estimate of drug-likeness (QED) is 0.827. The van der Waals surface area contributed by atoms with Crippen molar-refractivity contribution in [2.75, 3.05) is 12.8 Å². The minimum atomic E-state index is -3.52. The first-order chi connectivity index (χ1) is 10.7. The number of hydrogen-bond acceptors (Lipinski definition) is 4. The van der Waals surface area contributed by atoms with Crippen LogP contribution >= 0.6 is 0 Å². The molecule has 0 aromatic carbocycles. The zero-order chi connectivity index (χ0) is 16.9. The number of carbonyl (C=O) groups is 1. The number of rotatable bonds is 5. The summed E-state index contributed by atoms with van der Waals surface area (Å²) in [6.45, 7) is 4.35. The summed E-state index contributed by atoms with van der Waals surface area (Å²) in [5.74, 6) is 0.380. The molecule has 0 radical (unpaired) electrons. The fourth-order valence-corrected chi connectivity index (χ4v) is 6.20. The fourth-order valence-electron chi connectivity index (χ4n) is 4.35. The summed E-state index contributed by atoms with van der Waals surface area (Å²) in [5, 5.41) is 0. The lowest BCUT2D eigenvalue weighted by Crippen LogP contribution is -2.45. The molecule has 126 valence electrons. The number of ketones is 1. The smallest absolute Gasteiger partial charge is 0.215 e. The van der Waals surface area contributed by atoms with Crippen LogP contribution in [-0.4, -0.2) is 36.3 Å². The predicted octanol–water partition coefficient (Wildman–Crippen LogP) is 2.24. The van der Waals surface area contributed by atoms with Crippen LogP contribution in [0.1, 0.15) is 38.8 Å². The SMILES string of the molecule is CN(Cc1ccccn1)S(=O)(=O)C[C@@]12CC[C@@H](CC1=O)C2(C)C. The average molecular weight is 336 g/mol. The predicted molar refractivity (Wildman–Crippen MR) is 88.1 cm³/mol. The molecule has 0 unspecified atom stereocenters. The summed E-state index contributed by atoms with van der Waals surface area (Å²) < 4.78 is 27.0. The van der Waals surface area contributed by atoms with Gasteiger partial charge >= 0.3 is 0 Å². The zero-order valence-corrected chi connectivity index (χ0v) is 14.8. The molecule has 0 N–H and O–H groups in total. The van der Waals surface area contributed by atoms with E-state index in [0.29, 0.717) is 24.5 Å². The summed E-state index contributed by atoms with van der Waals surface area (Å²) >= 11 is 0. The monoisotopic (exact) mass is 336 g/mol. The molecule has 1 aromatic heterocycles. The number of carbonyl (C=O) groups excluding carboxylic acids is 1. The second-order valence-corrected chi connectivity index (χ2v) is 9.58. The van der Waals surface area contributed by atoms with E-state index in [2.05, 4.69) is 18.8 Å². The van der Waals surface area contributed by atoms with E-state index in [1.54, 1.807) is 25.4 Å². The molecule has 6 heteroatoms. The molecule has 2 atom stereocenters. The maximum absolute atomic E-state index is 12.9. The molecule has 2 aliphatic rings. The van der Waals surface area contributed by atoms with Crippen LogP contribution in [0.4, 0.5) is 0 Å². The second-order valence-electron chi connectivity index (χ2n) is 7.50. The molecular weight excluding hydrogens is 312 g/mol. The van der Waals surface area contributed by atoms with Gasteiger partial charge in [-0.1, -0.05) is 19.9 Å². The van der Waals surface area contributed by atoms with E-state index in [1.165, 1.54) is 4.31 Å². The molecule has 0 saturated heterocycles. The highest BCUT2D eigenvalue weighted by Crippen LogP contribution is 2.64. The van der Waals surface area contributed by atoms with Crippen molar-refractivity contribution in [2.45, 2.75) is 39.7 Å². The van der Waals surface area contributed by atoms with Crippen LogP contribution in [0, 0.1) is 16.7 Å². The Morgan fingerprint density at radius 2 is 2.09 bits per heavy atom. The van der Waals surface area contributed by atoms with Crippen LogP contribution in [-0.2, 0) is 21.4 Å². The topological polar surface area (TPSA) is 67.3 Å². The third-order valence-corrected chi connectivity index (χ3v) is 8.09. The van der Waals surface area contributed by atoms with Gasteiger partial charge in [0.1, 0.15) is 5.78 Å². The molecule has 3 rings (SSSR count). The second kappa shape index (κ2) is 5.38. The molecule has 1 aromatic rings. The van der Waals surface area contributed by atoms with Gasteiger partial charge in [-0.25, -0.2) is 8.42 Å². The fraction of sp³-hybridized carbons (Fsp3) is 0.647. The Kier molecular flexibility index (Phi) is 3.88. The Bertz CT molecular complexity index is 715. The van der Waals surface area contributed by atoms with Crippen LogP contribution in [0.15, 0.2) is 24.4 Å². The van der Waals surface area contributed by atoms with Crippen molar-refractivity contribution in [3.63, 3.8) is 0 Å². The highest BCUT2D eigenvalue weighted by Gasteiger charge is 2.65. The average Bonchev–Trinajstić information content (AvgIpc) is 2.82.